The Morgan fingerprint density at radius 3 is 2.15 bits per heavy atom. The SMILES string of the molecule is CS(=O)(=O)N1CC[C@@]2(CCn3cc(C(=O)N4CCN(C(=O)c5ccccc5)CC4)c(=O)nc32)C1. The monoisotopic (exact) mass is 485 g/mol. The lowest BCUT2D eigenvalue weighted by Crippen LogP contribution is -2.51. The Hall–Kier alpha value is -3.05. The number of rotatable bonds is 3. The molecule has 180 valence electrons. The van der Waals surface area contributed by atoms with Crippen LogP contribution < -0.4 is 5.56 Å². The maximum absolute atomic E-state index is 13.1. The molecule has 0 N–H and O–H groups in total. The lowest BCUT2D eigenvalue weighted by atomic mass is 9.85. The molecule has 5 rings (SSSR count). The Kier molecular flexibility index (Phi) is 5.56. The van der Waals surface area contributed by atoms with Gasteiger partial charge in [-0.2, -0.15) is 4.98 Å². The fourth-order valence-corrected chi connectivity index (χ4v) is 6.13. The summed E-state index contributed by atoms with van der Waals surface area (Å²) in [7, 11) is -3.31. The van der Waals surface area contributed by atoms with E-state index in [2.05, 4.69) is 4.98 Å². The molecule has 1 aromatic heterocycles. The van der Waals surface area contributed by atoms with Crippen molar-refractivity contribution >= 4 is 21.8 Å². The fraction of sp³-hybridized carbons (Fsp3) is 0.478. The van der Waals surface area contributed by atoms with E-state index in [1.54, 1.807) is 28.1 Å². The molecular weight excluding hydrogens is 458 g/mol. The number of fused-ring (bicyclic) bond motifs is 2. The summed E-state index contributed by atoms with van der Waals surface area (Å²) in [5.41, 5.74) is -0.439. The lowest BCUT2D eigenvalue weighted by Gasteiger charge is -2.34. The maximum atomic E-state index is 13.1. The standard InChI is InChI=1S/C23H27N5O5S/c1-34(32,33)28-10-8-23(16-28)7-9-27-15-18(19(29)24-22(23)27)21(31)26-13-11-25(12-14-26)20(30)17-5-3-2-4-6-17/h2-6,15H,7-14,16H2,1H3/t23-/m0/s1. The van der Waals surface area contributed by atoms with Crippen molar-refractivity contribution in [1.82, 2.24) is 23.7 Å². The number of carbonyl (C=O) groups is 2. The highest BCUT2D eigenvalue weighted by Crippen LogP contribution is 2.41. The molecule has 10 nitrogen and oxygen atoms in total. The Labute approximate surface area is 197 Å². The van der Waals surface area contributed by atoms with Crippen LogP contribution in [0.15, 0.2) is 41.3 Å². The van der Waals surface area contributed by atoms with Crippen LogP contribution in [-0.2, 0) is 22.0 Å². The smallest absolute Gasteiger partial charge is 0.285 e. The second-order valence-corrected chi connectivity index (χ2v) is 11.3. The van der Waals surface area contributed by atoms with Crippen LogP contribution in [0.4, 0.5) is 0 Å². The van der Waals surface area contributed by atoms with Crippen LogP contribution in [0, 0.1) is 0 Å². The number of amides is 2. The van der Waals surface area contributed by atoms with Gasteiger partial charge in [0.1, 0.15) is 11.4 Å². The molecule has 3 aliphatic rings. The normalized spacial score (nSPS) is 22.9. The average molecular weight is 486 g/mol. The highest BCUT2D eigenvalue weighted by molar-refractivity contribution is 7.88. The Morgan fingerprint density at radius 2 is 1.53 bits per heavy atom. The third kappa shape index (κ3) is 3.92. The minimum Gasteiger partial charge on any atom is -0.335 e. The molecule has 2 aromatic rings. The summed E-state index contributed by atoms with van der Waals surface area (Å²) in [6.07, 6.45) is 4.06. The molecule has 0 unspecified atom stereocenters. The number of piperazine rings is 1. The molecule has 0 radical (unpaired) electrons. The van der Waals surface area contributed by atoms with Crippen LogP contribution in [0.25, 0.3) is 0 Å². The number of carbonyl (C=O) groups excluding carboxylic acids is 2. The van der Waals surface area contributed by atoms with Crippen molar-refractivity contribution in [3.05, 3.63) is 63.8 Å². The summed E-state index contributed by atoms with van der Waals surface area (Å²) >= 11 is 0. The summed E-state index contributed by atoms with van der Waals surface area (Å²) < 4.78 is 27.2. The van der Waals surface area contributed by atoms with Crippen LogP contribution in [-0.4, -0.2) is 89.4 Å². The minimum atomic E-state index is -3.31. The zero-order valence-electron chi connectivity index (χ0n) is 19.0. The number of hydrogen-bond acceptors (Lipinski definition) is 6. The molecule has 34 heavy (non-hydrogen) atoms. The second kappa shape index (κ2) is 8.31. The van der Waals surface area contributed by atoms with E-state index in [-0.39, 0.29) is 17.4 Å². The van der Waals surface area contributed by atoms with E-state index in [0.717, 1.165) is 0 Å². The predicted octanol–water partition coefficient (Wildman–Crippen LogP) is 0.148. The Bertz CT molecular complexity index is 1300. The fourth-order valence-electron chi connectivity index (χ4n) is 5.23. The number of benzene rings is 1. The highest BCUT2D eigenvalue weighted by Gasteiger charge is 2.48. The van der Waals surface area contributed by atoms with Crippen molar-refractivity contribution in [2.45, 2.75) is 24.8 Å². The first-order valence-corrected chi connectivity index (χ1v) is 13.2. The third-order valence-corrected chi connectivity index (χ3v) is 8.44. The molecule has 1 atom stereocenters. The van der Waals surface area contributed by atoms with Gasteiger partial charge in [-0.15, -0.1) is 0 Å². The molecule has 2 fully saturated rings. The molecular formula is C23H27N5O5S. The summed E-state index contributed by atoms with van der Waals surface area (Å²) in [6, 6.07) is 9.02. The van der Waals surface area contributed by atoms with Gasteiger partial charge in [-0.05, 0) is 25.0 Å². The van der Waals surface area contributed by atoms with E-state index < -0.39 is 21.0 Å². The molecule has 0 aliphatic carbocycles. The zero-order chi connectivity index (χ0) is 24.1. The molecule has 0 bridgehead atoms. The quantitative estimate of drug-likeness (QED) is 0.612. The van der Waals surface area contributed by atoms with Gasteiger partial charge in [0.05, 0.1) is 6.26 Å². The van der Waals surface area contributed by atoms with E-state index >= 15 is 0 Å². The van der Waals surface area contributed by atoms with E-state index in [9.17, 15) is 22.8 Å². The first kappa shape index (κ1) is 22.7. The van der Waals surface area contributed by atoms with Crippen LogP contribution in [0.2, 0.25) is 0 Å². The number of hydrogen-bond donors (Lipinski definition) is 0. The highest BCUT2D eigenvalue weighted by atomic mass is 32.2. The van der Waals surface area contributed by atoms with Gasteiger partial charge in [-0.1, -0.05) is 18.2 Å². The predicted molar refractivity (Wildman–Crippen MR) is 124 cm³/mol. The minimum absolute atomic E-state index is 0.0154. The van der Waals surface area contributed by atoms with Crippen molar-refractivity contribution in [1.29, 1.82) is 0 Å². The summed E-state index contributed by atoms with van der Waals surface area (Å²) in [5, 5.41) is 0. The Balaban J connectivity index is 1.30. The van der Waals surface area contributed by atoms with Crippen molar-refractivity contribution in [2.24, 2.45) is 0 Å². The summed E-state index contributed by atoms with van der Waals surface area (Å²) in [6.45, 7) is 2.76. The van der Waals surface area contributed by atoms with E-state index in [0.29, 0.717) is 70.0 Å². The molecule has 1 aromatic carbocycles. The van der Waals surface area contributed by atoms with Crippen molar-refractivity contribution in [3.8, 4) is 0 Å². The van der Waals surface area contributed by atoms with Crippen LogP contribution in [0.5, 0.6) is 0 Å². The van der Waals surface area contributed by atoms with Crippen molar-refractivity contribution in [2.75, 3.05) is 45.5 Å². The van der Waals surface area contributed by atoms with Crippen molar-refractivity contribution < 1.29 is 18.0 Å². The second-order valence-electron chi connectivity index (χ2n) is 9.30. The van der Waals surface area contributed by atoms with Gasteiger partial charge >= 0.3 is 0 Å². The van der Waals surface area contributed by atoms with E-state index in [1.165, 1.54) is 10.6 Å². The lowest BCUT2D eigenvalue weighted by molar-refractivity contribution is 0.0534. The van der Waals surface area contributed by atoms with Gasteiger partial charge in [0.15, 0.2) is 0 Å². The summed E-state index contributed by atoms with van der Waals surface area (Å²) in [5.74, 6) is 0.111. The summed E-state index contributed by atoms with van der Waals surface area (Å²) in [4.78, 5) is 46.2. The first-order valence-electron chi connectivity index (χ1n) is 11.4. The van der Waals surface area contributed by atoms with E-state index in [1.807, 2.05) is 22.8 Å². The number of nitrogens with zero attached hydrogens (tertiary/aromatic N) is 5. The molecule has 3 aliphatic heterocycles. The number of sulfonamides is 1. The zero-order valence-corrected chi connectivity index (χ0v) is 19.8. The van der Waals surface area contributed by atoms with Crippen LogP contribution >= 0.6 is 0 Å². The molecule has 11 heteroatoms. The average Bonchev–Trinajstić information content (AvgIpc) is 3.43. The largest absolute Gasteiger partial charge is 0.335 e. The molecule has 0 saturated carbocycles. The van der Waals surface area contributed by atoms with Gasteiger partial charge in [0.25, 0.3) is 17.4 Å². The molecule has 4 heterocycles. The topological polar surface area (TPSA) is 113 Å². The van der Waals surface area contributed by atoms with Crippen molar-refractivity contribution in [3.63, 3.8) is 0 Å². The Morgan fingerprint density at radius 1 is 0.912 bits per heavy atom. The molecule has 1 spiro atoms. The van der Waals surface area contributed by atoms with Crippen LogP contribution in [0.1, 0.15) is 39.4 Å². The van der Waals surface area contributed by atoms with Gasteiger partial charge in [0, 0.05) is 63.0 Å². The first-order chi connectivity index (χ1) is 16.2. The maximum Gasteiger partial charge on any atom is 0.285 e. The van der Waals surface area contributed by atoms with Gasteiger partial charge in [-0.25, -0.2) is 12.7 Å². The van der Waals surface area contributed by atoms with E-state index in [4.69, 9.17) is 0 Å². The molecule has 2 saturated heterocycles. The molecule has 2 amide bonds. The number of aryl methyl sites for hydroxylation is 1. The number of aromatic nitrogens is 2. The van der Waals surface area contributed by atoms with Gasteiger partial charge in [-0.3, -0.25) is 14.4 Å². The van der Waals surface area contributed by atoms with Crippen LogP contribution in [0.3, 0.4) is 0 Å². The van der Waals surface area contributed by atoms with Gasteiger partial charge in [0.2, 0.25) is 10.0 Å². The third-order valence-electron chi connectivity index (χ3n) is 7.19. The van der Waals surface area contributed by atoms with Gasteiger partial charge < -0.3 is 14.4 Å².